The fraction of sp³-hybridized carbons (Fsp3) is 0.385. The van der Waals surface area contributed by atoms with Crippen molar-refractivity contribution in [1.29, 1.82) is 0 Å². The molecule has 1 atom stereocenters. The second kappa shape index (κ2) is 6.06. The minimum Gasteiger partial charge on any atom is -0.347 e. The van der Waals surface area contributed by atoms with Crippen LogP contribution in [0.4, 0.5) is 0 Å². The molecule has 6 nitrogen and oxygen atoms in total. The van der Waals surface area contributed by atoms with E-state index in [1.54, 1.807) is 24.7 Å². The van der Waals surface area contributed by atoms with E-state index in [-0.39, 0.29) is 11.9 Å². The summed E-state index contributed by atoms with van der Waals surface area (Å²) >= 11 is 1.31. The highest BCUT2D eigenvalue weighted by molar-refractivity contribution is 7.16. The molecule has 20 heavy (non-hydrogen) atoms. The van der Waals surface area contributed by atoms with Crippen LogP contribution in [0.15, 0.2) is 24.7 Å². The van der Waals surface area contributed by atoms with Gasteiger partial charge in [0.15, 0.2) is 10.8 Å². The number of thiazole rings is 1. The highest BCUT2D eigenvalue weighted by Crippen LogP contribution is 2.21. The molecule has 1 amide bonds. The number of hydrogen-bond donors (Lipinski definition) is 2. The summed E-state index contributed by atoms with van der Waals surface area (Å²) in [7, 11) is 0. The van der Waals surface area contributed by atoms with Crippen molar-refractivity contribution < 1.29 is 4.79 Å². The van der Waals surface area contributed by atoms with E-state index in [1.807, 2.05) is 0 Å². The van der Waals surface area contributed by atoms with Gasteiger partial charge < -0.3 is 10.6 Å². The van der Waals surface area contributed by atoms with E-state index in [1.165, 1.54) is 11.3 Å². The molecule has 7 heteroatoms. The Balaban J connectivity index is 1.68. The first kappa shape index (κ1) is 13.1. The largest absolute Gasteiger partial charge is 0.347 e. The zero-order valence-electron chi connectivity index (χ0n) is 10.9. The van der Waals surface area contributed by atoms with Gasteiger partial charge in [0, 0.05) is 25.0 Å². The minimum absolute atomic E-state index is 0.0709. The molecular formula is C13H15N5OS. The lowest BCUT2D eigenvalue weighted by Crippen LogP contribution is -2.45. The monoisotopic (exact) mass is 289 g/mol. The fourth-order valence-electron chi connectivity index (χ4n) is 2.12. The van der Waals surface area contributed by atoms with Crippen molar-refractivity contribution in [1.82, 2.24) is 25.6 Å². The third-order valence-electron chi connectivity index (χ3n) is 3.12. The SMILES string of the molecule is O=C(N[C@H]1CCCNC1)c1cnc(-c2ncccn2)s1. The average molecular weight is 289 g/mol. The van der Waals surface area contributed by atoms with Crippen LogP contribution in [0.25, 0.3) is 10.8 Å². The van der Waals surface area contributed by atoms with E-state index < -0.39 is 0 Å². The molecule has 3 rings (SSSR count). The molecule has 0 aliphatic carbocycles. The number of aromatic nitrogens is 3. The Bertz CT molecular complexity index is 579. The molecule has 2 aromatic rings. The molecule has 0 radical (unpaired) electrons. The van der Waals surface area contributed by atoms with Crippen molar-refractivity contribution in [3.05, 3.63) is 29.5 Å². The van der Waals surface area contributed by atoms with Crippen LogP contribution in [-0.4, -0.2) is 40.0 Å². The number of piperidine rings is 1. The number of rotatable bonds is 3. The molecule has 3 heterocycles. The summed E-state index contributed by atoms with van der Waals surface area (Å²) in [5, 5.41) is 6.97. The Morgan fingerprint density at radius 1 is 1.35 bits per heavy atom. The third-order valence-corrected chi connectivity index (χ3v) is 4.11. The topological polar surface area (TPSA) is 79.8 Å². The lowest BCUT2D eigenvalue weighted by molar-refractivity contribution is 0.0934. The normalized spacial score (nSPS) is 18.7. The van der Waals surface area contributed by atoms with Crippen LogP contribution in [0.5, 0.6) is 0 Å². The van der Waals surface area contributed by atoms with Crippen LogP contribution < -0.4 is 10.6 Å². The van der Waals surface area contributed by atoms with Crippen LogP contribution in [0.1, 0.15) is 22.5 Å². The summed E-state index contributed by atoms with van der Waals surface area (Å²) in [6.07, 6.45) is 7.03. The number of carbonyl (C=O) groups excluding carboxylic acids is 1. The van der Waals surface area contributed by atoms with Crippen molar-refractivity contribution >= 4 is 17.2 Å². The number of hydrogen-bond acceptors (Lipinski definition) is 6. The van der Waals surface area contributed by atoms with Crippen molar-refractivity contribution in [3.63, 3.8) is 0 Å². The maximum absolute atomic E-state index is 12.1. The Labute approximate surface area is 120 Å². The molecule has 1 aliphatic rings. The smallest absolute Gasteiger partial charge is 0.263 e. The highest BCUT2D eigenvalue weighted by atomic mass is 32.1. The molecule has 0 unspecified atom stereocenters. The minimum atomic E-state index is -0.0709. The molecule has 1 saturated heterocycles. The van der Waals surface area contributed by atoms with Crippen molar-refractivity contribution in [2.75, 3.05) is 13.1 Å². The van der Waals surface area contributed by atoms with Crippen LogP contribution in [0.2, 0.25) is 0 Å². The van der Waals surface area contributed by atoms with Gasteiger partial charge in [0.1, 0.15) is 4.88 Å². The molecule has 0 aromatic carbocycles. The van der Waals surface area contributed by atoms with E-state index in [2.05, 4.69) is 25.6 Å². The van der Waals surface area contributed by atoms with E-state index in [0.717, 1.165) is 25.9 Å². The van der Waals surface area contributed by atoms with Crippen LogP contribution in [0, 0.1) is 0 Å². The van der Waals surface area contributed by atoms with Gasteiger partial charge in [-0.25, -0.2) is 15.0 Å². The average Bonchev–Trinajstić information content (AvgIpc) is 2.99. The van der Waals surface area contributed by atoms with E-state index in [0.29, 0.717) is 15.7 Å². The van der Waals surface area contributed by atoms with Gasteiger partial charge in [-0.3, -0.25) is 4.79 Å². The highest BCUT2D eigenvalue weighted by Gasteiger charge is 2.18. The van der Waals surface area contributed by atoms with Gasteiger partial charge in [-0.2, -0.15) is 0 Å². The predicted molar refractivity (Wildman–Crippen MR) is 76.5 cm³/mol. The second-order valence-electron chi connectivity index (χ2n) is 4.62. The van der Waals surface area contributed by atoms with Crippen LogP contribution >= 0.6 is 11.3 Å². The lowest BCUT2D eigenvalue weighted by atomic mass is 10.1. The summed E-state index contributed by atoms with van der Waals surface area (Å²) < 4.78 is 0. The quantitative estimate of drug-likeness (QED) is 0.884. The van der Waals surface area contributed by atoms with Gasteiger partial charge in [-0.15, -0.1) is 11.3 Å². The standard InChI is InChI=1S/C13H15N5OS/c19-12(18-9-3-1-4-14-7-9)10-8-17-13(20-10)11-15-5-2-6-16-11/h2,5-6,8-9,14H,1,3-4,7H2,(H,18,19)/t9-/m0/s1. The number of carbonyl (C=O) groups is 1. The zero-order valence-corrected chi connectivity index (χ0v) is 11.7. The predicted octanol–water partition coefficient (Wildman–Crippen LogP) is 1.08. The molecule has 0 bridgehead atoms. The maximum atomic E-state index is 12.1. The van der Waals surface area contributed by atoms with Crippen molar-refractivity contribution in [2.24, 2.45) is 0 Å². The van der Waals surface area contributed by atoms with Crippen LogP contribution in [-0.2, 0) is 0 Å². The van der Waals surface area contributed by atoms with Gasteiger partial charge >= 0.3 is 0 Å². The molecule has 1 aliphatic heterocycles. The first-order valence-electron chi connectivity index (χ1n) is 6.58. The summed E-state index contributed by atoms with van der Waals surface area (Å²) in [5.41, 5.74) is 0. The summed E-state index contributed by atoms with van der Waals surface area (Å²) in [4.78, 5) is 25.2. The first-order chi connectivity index (χ1) is 9.83. The van der Waals surface area contributed by atoms with Gasteiger partial charge in [-0.05, 0) is 25.5 Å². The van der Waals surface area contributed by atoms with E-state index in [4.69, 9.17) is 0 Å². The fourth-order valence-corrected chi connectivity index (χ4v) is 2.89. The summed E-state index contributed by atoms with van der Waals surface area (Å²) in [6, 6.07) is 1.95. The molecule has 2 aromatic heterocycles. The third kappa shape index (κ3) is 3.00. The summed E-state index contributed by atoms with van der Waals surface area (Å²) in [5.74, 6) is 0.481. The number of nitrogens with one attached hydrogen (secondary N) is 2. The summed E-state index contributed by atoms with van der Waals surface area (Å²) in [6.45, 7) is 1.86. The Morgan fingerprint density at radius 2 is 2.20 bits per heavy atom. The zero-order chi connectivity index (χ0) is 13.8. The molecule has 2 N–H and O–H groups in total. The lowest BCUT2D eigenvalue weighted by Gasteiger charge is -2.23. The second-order valence-corrected chi connectivity index (χ2v) is 5.65. The molecular weight excluding hydrogens is 274 g/mol. The maximum Gasteiger partial charge on any atom is 0.263 e. The Kier molecular flexibility index (Phi) is 3.98. The van der Waals surface area contributed by atoms with Crippen molar-refractivity contribution in [3.8, 4) is 10.8 Å². The van der Waals surface area contributed by atoms with Crippen molar-refractivity contribution in [2.45, 2.75) is 18.9 Å². The molecule has 1 fully saturated rings. The van der Waals surface area contributed by atoms with Gasteiger partial charge in [0.25, 0.3) is 5.91 Å². The van der Waals surface area contributed by atoms with Gasteiger partial charge in [0.05, 0.1) is 6.20 Å². The first-order valence-corrected chi connectivity index (χ1v) is 7.39. The van der Waals surface area contributed by atoms with Crippen LogP contribution in [0.3, 0.4) is 0 Å². The molecule has 0 spiro atoms. The van der Waals surface area contributed by atoms with E-state index >= 15 is 0 Å². The Hall–Kier alpha value is -1.86. The van der Waals surface area contributed by atoms with Gasteiger partial charge in [-0.1, -0.05) is 0 Å². The molecule has 0 saturated carbocycles. The van der Waals surface area contributed by atoms with E-state index in [9.17, 15) is 4.79 Å². The Morgan fingerprint density at radius 3 is 2.95 bits per heavy atom. The number of nitrogens with zero attached hydrogens (tertiary/aromatic N) is 3. The number of amides is 1. The molecule has 104 valence electrons. The van der Waals surface area contributed by atoms with Gasteiger partial charge in [0.2, 0.25) is 0 Å².